The number of rotatable bonds is 4. The Morgan fingerprint density at radius 2 is 1.85 bits per heavy atom. The van der Waals surface area contributed by atoms with Gasteiger partial charge in [-0.15, -0.1) is 0 Å². The summed E-state index contributed by atoms with van der Waals surface area (Å²) in [5.74, 6) is 1.83. The maximum absolute atomic E-state index is 11.8. The molecule has 0 unspecified atom stereocenters. The van der Waals surface area contributed by atoms with Crippen LogP contribution >= 0.6 is 0 Å². The highest BCUT2D eigenvalue weighted by atomic mass is 32.2. The maximum Gasteiger partial charge on any atom is 0.211 e. The SMILES string of the molecule is COc1ccc(CN2CCN(C3=NO[C@H]4CN(S(C)(=O)=O)C[C@@H]34)CC2)cc1. The van der Waals surface area contributed by atoms with Gasteiger partial charge >= 0.3 is 0 Å². The van der Waals surface area contributed by atoms with Crippen LogP contribution in [0, 0.1) is 5.92 Å². The minimum absolute atomic E-state index is 0.0489. The van der Waals surface area contributed by atoms with Crippen LogP contribution in [0.3, 0.4) is 0 Å². The van der Waals surface area contributed by atoms with Crippen LogP contribution in [0.4, 0.5) is 0 Å². The van der Waals surface area contributed by atoms with Crippen LogP contribution < -0.4 is 4.74 Å². The van der Waals surface area contributed by atoms with Crippen molar-refractivity contribution in [2.75, 3.05) is 52.6 Å². The third kappa shape index (κ3) is 3.90. The number of piperazine rings is 1. The van der Waals surface area contributed by atoms with Gasteiger partial charge in [0.05, 0.1) is 25.8 Å². The van der Waals surface area contributed by atoms with Crippen molar-refractivity contribution < 1.29 is 18.0 Å². The van der Waals surface area contributed by atoms with Crippen LogP contribution in [0.2, 0.25) is 0 Å². The zero-order valence-corrected chi connectivity index (χ0v) is 16.6. The lowest BCUT2D eigenvalue weighted by atomic mass is 10.0. The van der Waals surface area contributed by atoms with Crippen LogP contribution in [-0.4, -0.2) is 87.1 Å². The van der Waals surface area contributed by atoms with Crippen LogP contribution in [0.15, 0.2) is 29.4 Å². The smallest absolute Gasteiger partial charge is 0.211 e. The molecule has 0 amide bonds. The molecular formula is C18H26N4O4S. The molecule has 0 spiro atoms. The molecule has 1 aromatic carbocycles. The molecule has 0 bridgehead atoms. The first kappa shape index (κ1) is 18.5. The molecule has 3 aliphatic heterocycles. The fourth-order valence-corrected chi connectivity index (χ4v) is 4.82. The molecule has 8 nitrogen and oxygen atoms in total. The Bertz CT molecular complexity index is 803. The molecule has 2 fully saturated rings. The second-order valence-electron chi connectivity index (χ2n) is 7.39. The minimum atomic E-state index is -3.18. The van der Waals surface area contributed by atoms with Crippen molar-refractivity contribution in [2.24, 2.45) is 11.1 Å². The number of nitrogens with zero attached hydrogens (tertiary/aromatic N) is 4. The number of hydrogen-bond acceptors (Lipinski definition) is 7. The maximum atomic E-state index is 11.8. The number of hydrogen-bond donors (Lipinski definition) is 0. The van der Waals surface area contributed by atoms with E-state index in [-0.39, 0.29) is 12.0 Å². The van der Waals surface area contributed by atoms with E-state index in [2.05, 4.69) is 27.1 Å². The standard InChI is InChI=1S/C18H26N4O4S/c1-25-15-5-3-14(4-6-15)11-20-7-9-21(10-8-20)18-16-12-22(27(2,23)24)13-17(16)26-19-18/h3-6,16-17H,7-13H2,1-2H3/t16-,17+/m1/s1. The van der Waals surface area contributed by atoms with Gasteiger partial charge in [-0.2, -0.15) is 4.31 Å². The molecule has 148 valence electrons. The number of benzene rings is 1. The van der Waals surface area contributed by atoms with Crippen LogP contribution in [0.1, 0.15) is 5.56 Å². The molecule has 4 rings (SSSR count). The molecule has 0 N–H and O–H groups in total. The van der Waals surface area contributed by atoms with E-state index < -0.39 is 10.0 Å². The zero-order valence-electron chi connectivity index (χ0n) is 15.7. The summed E-state index contributed by atoms with van der Waals surface area (Å²) >= 11 is 0. The van der Waals surface area contributed by atoms with Gasteiger partial charge in [0.1, 0.15) is 5.75 Å². The van der Waals surface area contributed by atoms with Crippen molar-refractivity contribution in [3.8, 4) is 5.75 Å². The van der Waals surface area contributed by atoms with E-state index in [4.69, 9.17) is 9.57 Å². The summed E-state index contributed by atoms with van der Waals surface area (Å²) in [6.07, 6.45) is 1.11. The second kappa shape index (κ2) is 7.29. The average Bonchev–Trinajstić information content (AvgIpc) is 3.24. The monoisotopic (exact) mass is 394 g/mol. The van der Waals surface area contributed by atoms with E-state index in [9.17, 15) is 8.42 Å². The Morgan fingerprint density at radius 3 is 2.48 bits per heavy atom. The summed E-state index contributed by atoms with van der Waals surface area (Å²) in [6, 6.07) is 8.18. The van der Waals surface area contributed by atoms with Gasteiger partial charge in [-0.05, 0) is 17.7 Å². The van der Waals surface area contributed by atoms with Gasteiger partial charge in [0, 0.05) is 39.3 Å². The van der Waals surface area contributed by atoms with Crippen LogP contribution in [0.25, 0.3) is 0 Å². The van der Waals surface area contributed by atoms with Crippen LogP contribution in [-0.2, 0) is 21.4 Å². The first-order chi connectivity index (χ1) is 12.9. The zero-order chi connectivity index (χ0) is 19.0. The fourth-order valence-electron chi connectivity index (χ4n) is 3.97. The van der Waals surface area contributed by atoms with Crippen molar-refractivity contribution in [3.05, 3.63) is 29.8 Å². The van der Waals surface area contributed by atoms with Crippen molar-refractivity contribution in [1.82, 2.24) is 14.1 Å². The highest BCUT2D eigenvalue weighted by Gasteiger charge is 2.47. The molecule has 3 heterocycles. The normalized spacial score (nSPS) is 26.6. The van der Waals surface area contributed by atoms with E-state index in [1.165, 1.54) is 16.1 Å². The Morgan fingerprint density at radius 1 is 1.15 bits per heavy atom. The van der Waals surface area contributed by atoms with E-state index >= 15 is 0 Å². The van der Waals surface area contributed by atoms with Gasteiger partial charge in [-0.25, -0.2) is 8.42 Å². The predicted molar refractivity (Wildman–Crippen MR) is 102 cm³/mol. The Labute approximate surface area is 160 Å². The number of ether oxygens (including phenoxy) is 1. The van der Waals surface area contributed by atoms with E-state index in [0.717, 1.165) is 44.3 Å². The van der Waals surface area contributed by atoms with E-state index in [0.29, 0.717) is 13.1 Å². The van der Waals surface area contributed by atoms with Gasteiger partial charge in [0.15, 0.2) is 11.9 Å². The molecule has 2 saturated heterocycles. The Hall–Kier alpha value is -1.84. The Kier molecular flexibility index (Phi) is 5.00. The van der Waals surface area contributed by atoms with Crippen molar-refractivity contribution in [1.29, 1.82) is 0 Å². The first-order valence-electron chi connectivity index (χ1n) is 9.23. The molecule has 0 aromatic heterocycles. The topological polar surface area (TPSA) is 74.7 Å². The molecule has 9 heteroatoms. The van der Waals surface area contributed by atoms with Gasteiger partial charge in [-0.1, -0.05) is 17.3 Å². The summed E-state index contributed by atoms with van der Waals surface area (Å²) in [6.45, 7) is 5.41. The molecule has 27 heavy (non-hydrogen) atoms. The summed E-state index contributed by atoms with van der Waals surface area (Å²) in [5, 5.41) is 4.28. The summed E-state index contributed by atoms with van der Waals surface area (Å²) in [5.41, 5.74) is 1.27. The third-order valence-electron chi connectivity index (χ3n) is 5.58. The molecule has 1 aromatic rings. The number of amidine groups is 1. The lowest BCUT2D eigenvalue weighted by Gasteiger charge is -2.36. The van der Waals surface area contributed by atoms with Gasteiger partial charge in [0.25, 0.3) is 0 Å². The lowest BCUT2D eigenvalue weighted by Crippen LogP contribution is -2.50. The minimum Gasteiger partial charge on any atom is -0.497 e. The van der Waals surface area contributed by atoms with Crippen molar-refractivity contribution >= 4 is 15.9 Å². The molecular weight excluding hydrogens is 368 g/mol. The van der Waals surface area contributed by atoms with Gasteiger partial charge in [0.2, 0.25) is 10.0 Å². The van der Waals surface area contributed by atoms with Crippen molar-refractivity contribution in [3.63, 3.8) is 0 Å². The molecule has 2 atom stereocenters. The number of oxime groups is 1. The van der Waals surface area contributed by atoms with Gasteiger partial charge in [-0.3, -0.25) is 4.90 Å². The molecule has 0 radical (unpaired) electrons. The molecule has 0 aliphatic carbocycles. The molecule has 0 saturated carbocycles. The van der Waals surface area contributed by atoms with E-state index in [1.807, 2.05) is 12.1 Å². The highest BCUT2D eigenvalue weighted by Crippen LogP contribution is 2.30. The average molecular weight is 394 g/mol. The summed E-state index contributed by atoms with van der Waals surface area (Å²) in [7, 11) is -1.51. The van der Waals surface area contributed by atoms with Gasteiger partial charge < -0.3 is 14.5 Å². The Balaban J connectivity index is 1.32. The number of methoxy groups -OCH3 is 1. The number of fused-ring (bicyclic) bond motifs is 1. The highest BCUT2D eigenvalue weighted by molar-refractivity contribution is 7.88. The second-order valence-corrected chi connectivity index (χ2v) is 9.37. The third-order valence-corrected chi connectivity index (χ3v) is 6.81. The number of sulfonamides is 1. The molecule has 3 aliphatic rings. The predicted octanol–water partition coefficient (Wildman–Crippen LogP) is 0.417. The largest absolute Gasteiger partial charge is 0.497 e. The quantitative estimate of drug-likeness (QED) is 0.737. The summed E-state index contributed by atoms with van der Waals surface area (Å²) < 4.78 is 30.3. The van der Waals surface area contributed by atoms with Crippen LogP contribution in [0.5, 0.6) is 5.75 Å². The first-order valence-corrected chi connectivity index (χ1v) is 11.1. The van der Waals surface area contributed by atoms with E-state index in [1.54, 1.807) is 7.11 Å². The summed E-state index contributed by atoms with van der Waals surface area (Å²) in [4.78, 5) is 10.2. The fraction of sp³-hybridized carbons (Fsp3) is 0.611. The van der Waals surface area contributed by atoms with Crippen molar-refractivity contribution in [2.45, 2.75) is 12.6 Å². The lowest BCUT2D eigenvalue weighted by molar-refractivity contribution is 0.0803.